The molecule has 32 heavy (non-hydrogen) atoms. The third-order valence-electron chi connectivity index (χ3n) is 6.37. The van der Waals surface area contributed by atoms with Crippen molar-refractivity contribution in [3.8, 4) is 0 Å². The van der Waals surface area contributed by atoms with Gasteiger partial charge in [-0.2, -0.15) is 0 Å². The van der Waals surface area contributed by atoms with Gasteiger partial charge < -0.3 is 23.9 Å². The number of ether oxygens (including phenoxy) is 2. The number of rotatable bonds is 6. The van der Waals surface area contributed by atoms with Crippen LogP contribution in [0.5, 0.6) is 0 Å². The highest BCUT2D eigenvalue weighted by molar-refractivity contribution is 6.45. The molecular weight excluding hydrogens is 413 g/mol. The largest absolute Gasteiger partial charge is 0.458 e. The fourth-order valence-electron chi connectivity index (χ4n) is 4.10. The lowest BCUT2D eigenvalue weighted by Crippen LogP contribution is -2.71. The lowest BCUT2D eigenvalue weighted by Gasteiger charge is -2.55. The third kappa shape index (κ3) is 5.97. The van der Waals surface area contributed by atoms with Crippen molar-refractivity contribution in [2.45, 2.75) is 117 Å². The first-order chi connectivity index (χ1) is 14.3. The van der Waals surface area contributed by atoms with Crippen molar-refractivity contribution in [2.75, 3.05) is 13.2 Å². The van der Waals surface area contributed by atoms with Gasteiger partial charge in [0, 0.05) is 12.0 Å². The van der Waals surface area contributed by atoms with E-state index >= 15 is 0 Å². The van der Waals surface area contributed by atoms with Gasteiger partial charge in [0.05, 0.1) is 17.8 Å². The summed E-state index contributed by atoms with van der Waals surface area (Å²) < 4.78 is 23.2. The number of likely N-dealkylation sites (tertiary alicyclic amines) is 1. The molecule has 184 valence electrons. The van der Waals surface area contributed by atoms with E-state index in [4.69, 9.17) is 18.8 Å². The van der Waals surface area contributed by atoms with Crippen LogP contribution in [0.4, 0.5) is 4.79 Å². The molecule has 2 saturated heterocycles. The van der Waals surface area contributed by atoms with Crippen molar-refractivity contribution >= 4 is 19.2 Å². The molecule has 2 atom stereocenters. The summed E-state index contributed by atoms with van der Waals surface area (Å²) >= 11 is 0. The van der Waals surface area contributed by atoms with E-state index in [0.717, 1.165) is 0 Å². The van der Waals surface area contributed by atoms with Crippen molar-refractivity contribution < 1.29 is 33.5 Å². The molecule has 0 aromatic rings. The average molecular weight is 455 g/mol. The number of amides is 1. The smallest absolute Gasteiger partial charge is 0.457 e. The summed E-state index contributed by atoms with van der Waals surface area (Å²) in [5.41, 5.74) is -3.01. The highest BCUT2D eigenvalue weighted by Crippen LogP contribution is 2.45. The Morgan fingerprint density at radius 1 is 1.00 bits per heavy atom. The van der Waals surface area contributed by atoms with E-state index in [9.17, 15) is 14.7 Å². The van der Waals surface area contributed by atoms with Gasteiger partial charge in [0.1, 0.15) is 17.2 Å². The van der Waals surface area contributed by atoms with Gasteiger partial charge in [-0.3, -0.25) is 4.90 Å². The number of hydrogen-bond donors (Lipinski definition) is 1. The van der Waals surface area contributed by atoms with Gasteiger partial charge >= 0.3 is 19.2 Å². The summed E-state index contributed by atoms with van der Waals surface area (Å²) in [6.07, 6.45) is 1.24. The topological polar surface area (TPSA) is 94.5 Å². The van der Waals surface area contributed by atoms with Gasteiger partial charge in [-0.05, 0) is 82.0 Å². The summed E-state index contributed by atoms with van der Waals surface area (Å²) in [5, 5.41) is 10.3. The number of carbonyl (C=O) groups excluding carboxylic acids is 2. The lowest BCUT2D eigenvalue weighted by molar-refractivity contribution is -0.185. The Bertz CT molecular complexity index is 694. The number of aliphatic hydroxyl groups excluding tert-OH is 1. The van der Waals surface area contributed by atoms with Crippen LogP contribution in [0.3, 0.4) is 0 Å². The zero-order chi connectivity index (χ0) is 24.8. The Kier molecular flexibility index (Phi) is 7.41. The van der Waals surface area contributed by atoms with Crippen molar-refractivity contribution in [3.63, 3.8) is 0 Å². The quantitative estimate of drug-likeness (QED) is 0.481. The van der Waals surface area contributed by atoms with Crippen LogP contribution in [-0.2, 0) is 23.6 Å². The molecule has 0 bridgehead atoms. The molecule has 2 aliphatic rings. The molecule has 2 rings (SSSR count). The van der Waals surface area contributed by atoms with Gasteiger partial charge in [-0.25, -0.2) is 9.59 Å². The lowest BCUT2D eigenvalue weighted by atomic mass is 9.67. The second-order valence-corrected chi connectivity index (χ2v) is 12.1. The average Bonchev–Trinajstić information content (AvgIpc) is 2.73. The van der Waals surface area contributed by atoms with Gasteiger partial charge in [-0.15, -0.1) is 0 Å². The van der Waals surface area contributed by atoms with Gasteiger partial charge in [0.15, 0.2) is 0 Å². The molecule has 1 amide bonds. The van der Waals surface area contributed by atoms with Gasteiger partial charge in [0.2, 0.25) is 0 Å². The summed E-state index contributed by atoms with van der Waals surface area (Å²) in [5.74, 6) is -0.528. The van der Waals surface area contributed by atoms with Crippen molar-refractivity contribution in [2.24, 2.45) is 5.41 Å². The van der Waals surface area contributed by atoms with Gasteiger partial charge in [0.25, 0.3) is 0 Å². The fourth-order valence-corrected chi connectivity index (χ4v) is 4.10. The first kappa shape index (κ1) is 26.9. The minimum absolute atomic E-state index is 0.228. The summed E-state index contributed by atoms with van der Waals surface area (Å²) in [6.45, 7) is 18.7. The number of esters is 1. The number of hydrogen-bond acceptors (Lipinski definition) is 7. The molecule has 0 aromatic carbocycles. The predicted octanol–water partition coefficient (Wildman–Crippen LogP) is 3.80. The monoisotopic (exact) mass is 455 g/mol. The van der Waals surface area contributed by atoms with Crippen LogP contribution < -0.4 is 0 Å². The molecular formula is C23H42BNO7. The minimum Gasteiger partial charge on any atom is -0.458 e. The van der Waals surface area contributed by atoms with E-state index in [-0.39, 0.29) is 20.3 Å². The van der Waals surface area contributed by atoms with Crippen LogP contribution in [0.2, 0.25) is 6.32 Å². The molecule has 2 heterocycles. The van der Waals surface area contributed by atoms with Crippen LogP contribution in [-0.4, -0.2) is 70.8 Å². The van der Waals surface area contributed by atoms with Crippen molar-refractivity contribution in [3.05, 3.63) is 0 Å². The Labute approximate surface area is 193 Å². The molecule has 0 saturated carbocycles. The number of nitrogens with zero attached hydrogens (tertiary/aromatic N) is 1. The maximum Gasteiger partial charge on any atom is 0.457 e. The van der Waals surface area contributed by atoms with E-state index < -0.39 is 45.9 Å². The van der Waals surface area contributed by atoms with E-state index in [1.54, 1.807) is 41.5 Å². The third-order valence-corrected chi connectivity index (χ3v) is 6.37. The molecule has 9 heteroatoms. The Morgan fingerprint density at radius 3 is 1.94 bits per heavy atom. The molecule has 0 unspecified atom stereocenters. The molecule has 2 aliphatic heterocycles. The van der Waals surface area contributed by atoms with Crippen LogP contribution in [0.25, 0.3) is 0 Å². The van der Waals surface area contributed by atoms with Crippen molar-refractivity contribution in [1.82, 2.24) is 4.90 Å². The van der Waals surface area contributed by atoms with Crippen LogP contribution in [0.1, 0.15) is 82.1 Å². The van der Waals surface area contributed by atoms with Crippen LogP contribution in [0, 0.1) is 5.41 Å². The molecule has 0 spiro atoms. The fraction of sp³-hybridized carbons (Fsp3) is 0.913. The molecule has 0 radical (unpaired) electrons. The summed E-state index contributed by atoms with van der Waals surface area (Å²) in [7, 11) is -0.349. The van der Waals surface area contributed by atoms with Gasteiger partial charge in [-0.1, -0.05) is 6.42 Å². The number of aliphatic hydroxyl groups is 1. The van der Waals surface area contributed by atoms with Crippen molar-refractivity contribution in [1.29, 1.82) is 0 Å². The summed E-state index contributed by atoms with van der Waals surface area (Å²) in [4.78, 5) is 27.1. The second kappa shape index (κ2) is 8.80. The highest BCUT2D eigenvalue weighted by atomic mass is 16.7. The molecule has 0 aliphatic carbocycles. The maximum atomic E-state index is 13.1. The van der Waals surface area contributed by atoms with E-state index in [1.165, 1.54) is 4.90 Å². The predicted molar refractivity (Wildman–Crippen MR) is 122 cm³/mol. The molecule has 2 fully saturated rings. The first-order valence-corrected chi connectivity index (χ1v) is 11.5. The minimum atomic E-state index is -0.903. The first-order valence-electron chi connectivity index (χ1n) is 11.5. The normalized spacial score (nSPS) is 27.2. The zero-order valence-corrected chi connectivity index (χ0v) is 21.5. The standard InChI is InChI=1S/C23H42BNO7/c1-19(2,3)29-17(27)16-23(15-26,14-25(16)18(28)30-20(4,5)6)12-11-13-24-31-21(7,8)22(9,10)32-24/h16,26H,11-15H2,1-10H3/t16-,23+/m1/s1. The zero-order valence-electron chi connectivity index (χ0n) is 21.5. The van der Waals surface area contributed by atoms with E-state index in [0.29, 0.717) is 19.2 Å². The maximum absolute atomic E-state index is 13.1. The SMILES string of the molecule is CC(C)(C)OC(=O)[C@H]1N(C(=O)OC(C)(C)C)C[C@]1(CO)CCCB1OC(C)(C)C(C)(C)O1. The Balaban J connectivity index is 2.11. The Morgan fingerprint density at radius 2 is 1.50 bits per heavy atom. The second-order valence-electron chi connectivity index (χ2n) is 12.1. The molecule has 8 nitrogen and oxygen atoms in total. The van der Waals surface area contributed by atoms with Crippen LogP contribution >= 0.6 is 0 Å². The molecule has 1 N–H and O–H groups in total. The van der Waals surface area contributed by atoms with E-state index in [2.05, 4.69) is 0 Å². The molecule has 0 aromatic heterocycles. The Hall–Kier alpha value is -1.32. The summed E-state index contributed by atoms with van der Waals surface area (Å²) in [6, 6.07) is -0.903. The highest BCUT2D eigenvalue weighted by Gasteiger charge is 2.60. The van der Waals surface area contributed by atoms with E-state index in [1.807, 2.05) is 27.7 Å². The number of carbonyl (C=O) groups is 2. The van der Waals surface area contributed by atoms with Crippen LogP contribution in [0.15, 0.2) is 0 Å².